The zero-order valence-corrected chi connectivity index (χ0v) is 15.7. The molecule has 0 amide bonds. The van der Waals surface area contributed by atoms with Crippen molar-refractivity contribution >= 4 is 34.4 Å². The molecule has 5 nitrogen and oxygen atoms in total. The van der Waals surface area contributed by atoms with Gasteiger partial charge < -0.3 is 9.47 Å². The largest absolute Gasteiger partial charge is 0.333 e. The second kappa shape index (κ2) is 7.06. The van der Waals surface area contributed by atoms with Gasteiger partial charge in [-0.2, -0.15) is 5.26 Å². The van der Waals surface area contributed by atoms with Crippen LogP contribution in [0.3, 0.4) is 0 Å². The second-order valence-corrected chi connectivity index (χ2v) is 7.84. The predicted octanol–water partition coefficient (Wildman–Crippen LogP) is 4.33. The molecule has 2 aliphatic heterocycles. The van der Waals surface area contributed by atoms with Crippen LogP contribution in [0, 0.1) is 11.3 Å². The molecule has 0 saturated carbocycles. The lowest BCUT2D eigenvalue weighted by Gasteiger charge is -2.22. The first-order valence-electron chi connectivity index (χ1n) is 8.58. The Morgan fingerprint density at radius 3 is 3.00 bits per heavy atom. The van der Waals surface area contributed by atoms with E-state index in [4.69, 9.17) is 0 Å². The van der Waals surface area contributed by atoms with E-state index in [-0.39, 0.29) is 0 Å². The third kappa shape index (κ3) is 2.90. The van der Waals surface area contributed by atoms with Crippen molar-refractivity contribution in [2.45, 2.75) is 39.2 Å². The molecule has 2 aliphatic rings. The minimum Gasteiger partial charge on any atom is -0.333 e. The van der Waals surface area contributed by atoms with E-state index < -0.39 is 0 Å². The summed E-state index contributed by atoms with van der Waals surface area (Å²) in [6.07, 6.45) is 4.43. The first-order valence-corrected chi connectivity index (χ1v) is 10.3. The van der Waals surface area contributed by atoms with Crippen LogP contribution in [0.2, 0.25) is 0 Å². The maximum Gasteiger partial charge on any atom is 0.177 e. The fourth-order valence-electron chi connectivity index (χ4n) is 3.33. The smallest absolute Gasteiger partial charge is 0.177 e. The zero-order valence-electron chi connectivity index (χ0n) is 14.1. The number of thiophene rings is 1. The number of rotatable bonds is 3. The molecule has 2 aromatic rings. The van der Waals surface area contributed by atoms with Crippen LogP contribution in [0.1, 0.15) is 42.7 Å². The standard InChI is InChI=1S/C18H19N5S2/c1-2-22-14(15-7-6-10-24-15)12-25-18(22)13(11-19)17-21-20-16-8-4-3-5-9-23(16)17/h6-7,10,12H,2-5,8-9H2,1H3/b18-13+. The van der Waals surface area contributed by atoms with Crippen molar-refractivity contribution in [1.82, 2.24) is 19.7 Å². The average Bonchev–Trinajstić information content (AvgIpc) is 3.34. The number of hydrogen-bond donors (Lipinski definition) is 0. The summed E-state index contributed by atoms with van der Waals surface area (Å²) in [6.45, 7) is 3.84. The Hall–Kier alpha value is -2.04. The number of aromatic nitrogens is 3. The van der Waals surface area contributed by atoms with Gasteiger partial charge in [0.1, 0.15) is 22.5 Å². The van der Waals surface area contributed by atoms with Crippen molar-refractivity contribution in [3.63, 3.8) is 0 Å². The molecule has 0 saturated heterocycles. The summed E-state index contributed by atoms with van der Waals surface area (Å²) in [6, 6.07) is 6.59. The van der Waals surface area contributed by atoms with Gasteiger partial charge in [-0.3, -0.25) is 0 Å². The molecule has 0 unspecified atom stereocenters. The van der Waals surface area contributed by atoms with Gasteiger partial charge in [-0.25, -0.2) is 0 Å². The maximum absolute atomic E-state index is 9.91. The third-order valence-electron chi connectivity index (χ3n) is 4.57. The molecule has 2 aromatic heterocycles. The summed E-state index contributed by atoms with van der Waals surface area (Å²) >= 11 is 3.34. The molecule has 4 heterocycles. The monoisotopic (exact) mass is 369 g/mol. The van der Waals surface area contributed by atoms with Crippen LogP contribution in [-0.4, -0.2) is 26.2 Å². The van der Waals surface area contributed by atoms with Crippen molar-refractivity contribution in [3.05, 3.63) is 44.5 Å². The lowest BCUT2D eigenvalue weighted by molar-refractivity contribution is 0.558. The summed E-state index contributed by atoms with van der Waals surface area (Å²) in [5, 5.41) is 23.8. The van der Waals surface area contributed by atoms with Crippen LogP contribution >= 0.6 is 23.1 Å². The van der Waals surface area contributed by atoms with Gasteiger partial charge in [0, 0.05) is 24.9 Å². The van der Waals surface area contributed by atoms with Gasteiger partial charge in [-0.05, 0) is 31.2 Å². The fourth-order valence-corrected chi connectivity index (χ4v) is 5.25. The molecule has 0 radical (unpaired) electrons. The number of thioether (sulfide) groups is 1. The number of nitrogens with zero attached hydrogens (tertiary/aromatic N) is 5. The number of allylic oxidation sites excluding steroid dienone is 1. The SMILES string of the molecule is CCN1C(c2cccs2)=CS/C1=C(\C#N)c1nnc2n1CCCCC2. The Labute approximate surface area is 155 Å². The number of aryl methyl sites for hydroxylation is 1. The Balaban J connectivity index is 1.76. The van der Waals surface area contributed by atoms with Crippen molar-refractivity contribution < 1.29 is 0 Å². The molecule has 0 atom stereocenters. The summed E-state index contributed by atoms with van der Waals surface area (Å²) in [7, 11) is 0. The highest BCUT2D eigenvalue weighted by molar-refractivity contribution is 8.06. The molecule has 0 bridgehead atoms. The van der Waals surface area contributed by atoms with Crippen LogP contribution in [0.25, 0.3) is 11.3 Å². The van der Waals surface area contributed by atoms with E-state index in [2.05, 4.69) is 55.6 Å². The van der Waals surface area contributed by atoms with Gasteiger partial charge in [-0.1, -0.05) is 24.2 Å². The normalized spacial score (nSPS) is 19.2. The summed E-state index contributed by atoms with van der Waals surface area (Å²) in [5.41, 5.74) is 1.80. The third-order valence-corrected chi connectivity index (χ3v) is 6.45. The van der Waals surface area contributed by atoms with Gasteiger partial charge in [0.15, 0.2) is 5.82 Å². The molecule has 7 heteroatoms. The first kappa shape index (κ1) is 16.4. The van der Waals surface area contributed by atoms with E-state index >= 15 is 0 Å². The van der Waals surface area contributed by atoms with Crippen LogP contribution in [0.15, 0.2) is 27.9 Å². The molecule has 0 N–H and O–H groups in total. The van der Waals surface area contributed by atoms with E-state index in [1.165, 1.54) is 17.0 Å². The van der Waals surface area contributed by atoms with Crippen molar-refractivity contribution in [2.75, 3.05) is 6.54 Å². The predicted molar refractivity (Wildman–Crippen MR) is 102 cm³/mol. The highest BCUT2D eigenvalue weighted by Crippen LogP contribution is 2.43. The Morgan fingerprint density at radius 1 is 1.32 bits per heavy atom. The summed E-state index contributed by atoms with van der Waals surface area (Å²) < 4.78 is 2.15. The van der Waals surface area contributed by atoms with Crippen LogP contribution in [-0.2, 0) is 13.0 Å². The molecule has 0 fully saturated rings. The molecule has 4 rings (SSSR count). The van der Waals surface area contributed by atoms with Gasteiger partial charge >= 0.3 is 0 Å². The van der Waals surface area contributed by atoms with Gasteiger partial charge in [0.05, 0.1) is 10.6 Å². The number of hydrogen-bond acceptors (Lipinski definition) is 6. The van der Waals surface area contributed by atoms with E-state index in [9.17, 15) is 5.26 Å². The van der Waals surface area contributed by atoms with E-state index in [1.54, 1.807) is 23.1 Å². The Bertz CT molecular complexity index is 870. The lowest BCUT2D eigenvalue weighted by Crippen LogP contribution is -2.17. The molecule has 0 aliphatic carbocycles. The topological polar surface area (TPSA) is 57.7 Å². The van der Waals surface area contributed by atoms with E-state index in [1.807, 2.05) is 0 Å². The summed E-state index contributed by atoms with van der Waals surface area (Å²) in [4.78, 5) is 3.44. The minimum absolute atomic E-state index is 0.635. The van der Waals surface area contributed by atoms with Gasteiger partial charge in [0.2, 0.25) is 0 Å². The van der Waals surface area contributed by atoms with Crippen molar-refractivity contribution in [2.24, 2.45) is 0 Å². The average molecular weight is 370 g/mol. The number of nitriles is 1. The van der Waals surface area contributed by atoms with Crippen molar-refractivity contribution in [1.29, 1.82) is 5.26 Å². The van der Waals surface area contributed by atoms with E-state index in [0.29, 0.717) is 5.57 Å². The lowest BCUT2D eigenvalue weighted by atomic mass is 10.2. The van der Waals surface area contributed by atoms with Gasteiger partial charge in [-0.15, -0.1) is 21.5 Å². The quantitative estimate of drug-likeness (QED) is 0.754. The molecular weight excluding hydrogens is 350 g/mol. The Kier molecular flexibility index (Phi) is 4.64. The first-order chi connectivity index (χ1) is 12.3. The van der Waals surface area contributed by atoms with Gasteiger partial charge in [0.25, 0.3) is 0 Å². The molecular formula is C18H19N5S2. The van der Waals surface area contributed by atoms with Crippen molar-refractivity contribution in [3.8, 4) is 6.07 Å². The molecule has 0 aromatic carbocycles. The summed E-state index contributed by atoms with van der Waals surface area (Å²) in [5.74, 6) is 1.74. The molecule has 128 valence electrons. The molecule has 25 heavy (non-hydrogen) atoms. The van der Waals surface area contributed by atoms with Crippen LogP contribution < -0.4 is 0 Å². The van der Waals surface area contributed by atoms with Crippen LogP contribution in [0.5, 0.6) is 0 Å². The highest BCUT2D eigenvalue weighted by Gasteiger charge is 2.28. The highest BCUT2D eigenvalue weighted by atomic mass is 32.2. The van der Waals surface area contributed by atoms with E-state index in [0.717, 1.165) is 49.0 Å². The van der Waals surface area contributed by atoms with Crippen LogP contribution in [0.4, 0.5) is 0 Å². The maximum atomic E-state index is 9.91. The minimum atomic E-state index is 0.635. The zero-order chi connectivity index (χ0) is 17.2. The fraction of sp³-hybridized carbons (Fsp3) is 0.389. The molecule has 0 spiro atoms. The number of fused-ring (bicyclic) bond motifs is 1. The second-order valence-electron chi connectivity index (χ2n) is 6.04. The Morgan fingerprint density at radius 2 is 2.24 bits per heavy atom.